The van der Waals surface area contributed by atoms with Crippen molar-refractivity contribution in [1.29, 1.82) is 0 Å². The van der Waals surface area contributed by atoms with Gasteiger partial charge in [0.25, 0.3) is 0 Å². The summed E-state index contributed by atoms with van der Waals surface area (Å²) in [6.45, 7) is 5.49. The molecule has 0 aliphatic carbocycles. The van der Waals surface area contributed by atoms with Gasteiger partial charge in [0, 0.05) is 54.4 Å². The van der Waals surface area contributed by atoms with Crippen LogP contribution in [0, 0.1) is 0 Å². The second-order valence-electron chi connectivity index (χ2n) is 6.76. The second kappa shape index (κ2) is 7.94. The summed E-state index contributed by atoms with van der Waals surface area (Å²) in [5, 5.41) is 1.00. The Morgan fingerprint density at radius 3 is 2.56 bits per heavy atom. The molecule has 0 radical (unpaired) electrons. The summed E-state index contributed by atoms with van der Waals surface area (Å²) in [5.74, 6) is 0.785. The molecule has 0 amide bonds. The van der Waals surface area contributed by atoms with Crippen LogP contribution < -0.4 is 4.74 Å². The van der Waals surface area contributed by atoms with Gasteiger partial charge in [0.15, 0.2) is 5.78 Å². The van der Waals surface area contributed by atoms with Crippen LogP contribution in [0.5, 0.6) is 5.75 Å². The van der Waals surface area contributed by atoms with Crippen molar-refractivity contribution in [2.24, 2.45) is 0 Å². The van der Waals surface area contributed by atoms with Gasteiger partial charge >= 0.3 is 0 Å². The van der Waals surface area contributed by atoms with Gasteiger partial charge in [-0.15, -0.1) is 0 Å². The Morgan fingerprint density at radius 2 is 1.81 bits per heavy atom. The molecule has 0 saturated carbocycles. The first-order valence-corrected chi connectivity index (χ1v) is 9.33. The van der Waals surface area contributed by atoms with E-state index in [0.717, 1.165) is 61.6 Å². The Kier molecular flexibility index (Phi) is 5.23. The minimum absolute atomic E-state index is 0.0363. The largest absolute Gasteiger partial charge is 0.497 e. The van der Waals surface area contributed by atoms with Crippen molar-refractivity contribution in [3.63, 3.8) is 0 Å². The molecule has 2 aromatic carbocycles. The number of hydrogen-bond donors (Lipinski definition) is 0. The number of fused-ring (bicyclic) bond motifs is 1. The first kappa shape index (κ1) is 17.8. The molecule has 5 heteroatoms. The first-order valence-electron chi connectivity index (χ1n) is 9.33. The Morgan fingerprint density at radius 1 is 1.04 bits per heavy atom. The lowest BCUT2D eigenvalue weighted by Crippen LogP contribution is -2.38. The van der Waals surface area contributed by atoms with Gasteiger partial charge in [-0.3, -0.25) is 9.69 Å². The highest BCUT2D eigenvalue weighted by Crippen LogP contribution is 2.24. The molecule has 27 heavy (non-hydrogen) atoms. The molecule has 0 spiro atoms. The van der Waals surface area contributed by atoms with Crippen LogP contribution in [0.1, 0.15) is 15.9 Å². The van der Waals surface area contributed by atoms with Gasteiger partial charge < -0.3 is 14.0 Å². The van der Waals surface area contributed by atoms with E-state index in [-0.39, 0.29) is 5.78 Å². The van der Waals surface area contributed by atoms with E-state index < -0.39 is 0 Å². The van der Waals surface area contributed by atoms with Crippen LogP contribution in [-0.4, -0.2) is 55.2 Å². The predicted molar refractivity (Wildman–Crippen MR) is 106 cm³/mol. The average Bonchev–Trinajstić information content (AvgIpc) is 3.16. The molecular weight excluding hydrogens is 340 g/mol. The maximum Gasteiger partial charge on any atom is 0.193 e. The Bertz CT molecular complexity index is 924. The summed E-state index contributed by atoms with van der Waals surface area (Å²) in [6, 6.07) is 15.3. The van der Waals surface area contributed by atoms with E-state index >= 15 is 0 Å². The number of methoxy groups -OCH3 is 1. The highest BCUT2D eigenvalue weighted by molar-refractivity contribution is 6.16. The monoisotopic (exact) mass is 364 g/mol. The van der Waals surface area contributed by atoms with Crippen molar-refractivity contribution >= 4 is 16.7 Å². The first-order chi connectivity index (χ1) is 13.3. The van der Waals surface area contributed by atoms with E-state index in [2.05, 4.69) is 21.7 Å². The van der Waals surface area contributed by atoms with Gasteiger partial charge in [-0.1, -0.05) is 12.1 Å². The number of ether oxygens (including phenoxy) is 2. The highest BCUT2D eigenvalue weighted by Gasteiger charge is 2.15. The van der Waals surface area contributed by atoms with Gasteiger partial charge in [-0.05, 0) is 36.4 Å². The van der Waals surface area contributed by atoms with Crippen LogP contribution in [0.4, 0.5) is 0 Å². The summed E-state index contributed by atoms with van der Waals surface area (Å²) in [7, 11) is 1.62. The van der Waals surface area contributed by atoms with Crippen LogP contribution in [0.25, 0.3) is 10.9 Å². The minimum atomic E-state index is 0.0363. The van der Waals surface area contributed by atoms with E-state index in [1.165, 1.54) is 0 Å². The van der Waals surface area contributed by atoms with Crippen LogP contribution in [-0.2, 0) is 11.3 Å². The number of nitrogens with zero attached hydrogens (tertiary/aromatic N) is 2. The van der Waals surface area contributed by atoms with E-state index in [0.29, 0.717) is 5.56 Å². The molecule has 3 aromatic rings. The number of carbonyl (C=O) groups is 1. The second-order valence-corrected chi connectivity index (χ2v) is 6.76. The van der Waals surface area contributed by atoms with Gasteiger partial charge in [0.1, 0.15) is 5.75 Å². The zero-order chi connectivity index (χ0) is 18.6. The van der Waals surface area contributed by atoms with E-state index in [1.807, 2.05) is 42.5 Å². The molecule has 4 rings (SSSR count). The molecule has 1 aromatic heterocycles. The molecular formula is C22H24N2O3. The zero-order valence-electron chi connectivity index (χ0n) is 15.6. The third-order valence-electron chi connectivity index (χ3n) is 5.17. The van der Waals surface area contributed by atoms with Crippen LogP contribution in [0.2, 0.25) is 0 Å². The van der Waals surface area contributed by atoms with Gasteiger partial charge in [-0.2, -0.15) is 0 Å². The van der Waals surface area contributed by atoms with Crippen molar-refractivity contribution < 1.29 is 14.3 Å². The Labute approximate surface area is 159 Å². The van der Waals surface area contributed by atoms with Gasteiger partial charge in [0.2, 0.25) is 0 Å². The maximum atomic E-state index is 13.0. The third kappa shape index (κ3) is 3.75. The molecule has 1 fully saturated rings. The lowest BCUT2D eigenvalue weighted by Gasteiger charge is -2.26. The van der Waals surface area contributed by atoms with Crippen molar-refractivity contribution in [2.45, 2.75) is 6.54 Å². The van der Waals surface area contributed by atoms with Crippen molar-refractivity contribution in [2.75, 3.05) is 40.0 Å². The summed E-state index contributed by atoms with van der Waals surface area (Å²) in [4.78, 5) is 15.4. The number of rotatable bonds is 6. The van der Waals surface area contributed by atoms with Gasteiger partial charge in [0.05, 0.1) is 20.3 Å². The average molecular weight is 364 g/mol. The molecule has 0 unspecified atom stereocenters. The fourth-order valence-electron chi connectivity index (χ4n) is 3.59. The summed E-state index contributed by atoms with van der Waals surface area (Å²) < 4.78 is 12.8. The SMILES string of the molecule is COc1ccc(C(=O)c2cccc3c2ccn3CCN2CCOCC2)cc1. The van der Waals surface area contributed by atoms with Crippen LogP contribution in [0.3, 0.4) is 0 Å². The maximum absolute atomic E-state index is 13.0. The number of carbonyl (C=O) groups excluding carboxylic acids is 1. The number of benzene rings is 2. The standard InChI is InChI=1S/C22H24N2O3/c1-26-18-7-5-17(6-8-18)22(25)20-3-2-4-21-19(20)9-10-24(21)12-11-23-13-15-27-16-14-23/h2-10H,11-16H2,1H3. The molecule has 140 valence electrons. The third-order valence-corrected chi connectivity index (χ3v) is 5.17. The van der Waals surface area contributed by atoms with Crippen molar-refractivity contribution in [1.82, 2.24) is 9.47 Å². The summed E-state index contributed by atoms with van der Waals surface area (Å²) in [6.07, 6.45) is 2.08. The highest BCUT2D eigenvalue weighted by atomic mass is 16.5. The number of aromatic nitrogens is 1. The van der Waals surface area contributed by atoms with E-state index in [4.69, 9.17) is 9.47 Å². The number of hydrogen-bond acceptors (Lipinski definition) is 4. The van der Waals surface area contributed by atoms with Crippen molar-refractivity contribution in [3.8, 4) is 5.75 Å². The van der Waals surface area contributed by atoms with Crippen LogP contribution >= 0.6 is 0 Å². The lowest BCUT2D eigenvalue weighted by molar-refractivity contribution is 0.0365. The predicted octanol–water partition coefficient (Wildman–Crippen LogP) is 3.21. The molecule has 5 nitrogen and oxygen atoms in total. The smallest absolute Gasteiger partial charge is 0.193 e. The van der Waals surface area contributed by atoms with Crippen LogP contribution in [0.15, 0.2) is 54.7 Å². The van der Waals surface area contributed by atoms with E-state index in [9.17, 15) is 4.79 Å². The molecule has 0 bridgehead atoms. The number of ketones is 1. The molecule has 0 N–H and O–H groups in total. The minimum Gasteiger partial charge on any atom is -0.497 e. The molecule has 1 aliphatic rings. The summed E-state index contributed by atoms with van der Waals surface area (Å²) >= 11 is 0. The fourth-order valence-corrected chi connectivity index (χ4v) is 3.59. The number of morpholine rings is 1. The Hall–Kier alpha value is -2.63. The summed E-state index contributed by atoms with van der Waals surface area (Å²) in [5.41, 5.74) is 2.51. The molecule has 2 heterocycles. The zero-order valence-corrected chi connectivity index (χ0v) is 15.6. The quantitative estimate of drug-likeness (QED) is 0.630. The normalized spacial score (nSPS) is 15.1. The fraction of sp³-hybridized carbons (Fsp3) is 0.318. The molecule has 0 atom stereocenters. The molecule has 1 saturated heterocycles. The molecule has 1 aliphatic heterocycles. The van der Waals surface area contributed by atoms with E-state index in [1.54, 1.807) is 7.11 Å². The van der Waals surface area contributed by atoms with Crippen molar-refractivity contribution in [3.05, 3.63) is 65.9 Å². The Balaban J connectivity index is 1.56. The lowest BCUT2D eigenvalue weighted by atomic mass is 10.00. The van der Waals surface area contributed by atoms with Gasteiger partial charge in [-0.25, -0.2) is 0 Å². The topological polar surface area (TPSA) is 43.7 Å².